The maximum atomic E-state index is 14.0. The van der Waals surface area contributed by atoms with Gasteiger partial charge in [-0.2, -0.15) is 0 Å². The fourth-order valence-electron chi connectivity index (χ4n) is 1.71. The maximum Gasteiger partial charge on any atom is 0.207 e. The molecular formula is C13H12FNO2S. The number of carbonyl (C=O) groups excluding carboxylic acids is 1. The number of carbonyl (C=O) groups is 1. The van der Waals surface area contributed by atoms with Crippen LogP contribution in [0.5, 0.6) is 5.75 Å². The number of ether oxygens (including phenoxy) is 1. The third-order valence-corrected chi connectivity index (χ3v) is 3.61. The van der Waals surface area contributed by atoms with Crippen molar-refractivity contribution in [2.45, 2.75) is 13.8 Å². The highest BCUT2D eigenvalue weighted by molar-refractivity contribution is 7.14. The van der Waals surface area contributed by atoms with Gasteiger partial charge in [0.1, 0.15) is 0 Å². The van der Waals surface area contributed by atoms with Gasteiger partial charge in [0.15, 0.2) is 11.6 Å². The normalized spacial score (nSPS) is 10.4. The predicted molar refractivity (Wildman–Crippen MR) is 68.0 cm³/mol. The molecule has 0 fully saturated rings. The van der Waals surface area contributed by atoms with E-state index in [-0.39, 0.29) is 17.1 Å². The Morgan fingerprint density at radius 1 is 1.39 bits per heavy atom. The Morgan fingerprint density at radius 3 is 2.67 bits per heavy atom. The highest BCUT2D eigenvalue weighted by Gasteiger charge is 2.21. The minimum Gasteiger partial charge on any atom is -0.494 e. The van der Waals surface area contributed by atoms with E-state index in [1.807, 2.05) is 6.92 Å². The van der Waals surface area contributed by atoms with Crippen LogP contribution in [0.3, 0.4) is 0 Å². The number of aryl methyl sites for hydroxylation is 2. The molecule has 0 spiro atoms. The molecule has 1 aromatic heterocycles. The molecule has 0 unspecified atom stereocenters. The van der Waals surface area contributed by atoms with Gasteiger partial charge in [-0.25, -0.2) is 9.37 Å². The number of halogens is 1. The second kappa shape index (κ2) is 4.86. The Hall–Kier alpha value is -1.75. The number of hydrogen-bond acceptors (Lipinski definition) is 4. The molecule has 2 rings (SSSR count). The Kier molecular flexibility index (Phi) is 3.43. The number of nitrogens with zero attached hydrogens (tertiary/aromatic N) is 1. The molecule has 0 aliphatic rings. The van der Waals surface area contributed by atoms with Gasteiger partial charge in [0, 0.05) is 0 Å². The topological polar surface area (TPSA) is 39.2 Å². The van der Waals surface area contributed by atoms with Crippen molar-refractivity contribution in [3.8, 4) is 5.75 Å². The average molecular weight is 265 g/mol. The first-order chi connectivity index (χ1) is 8.54. The van der Waals surface area contributed by atoms with Gasteiger partial charge < -0.3 is 4.74 Å². The van der Waals surface area contributed by atoms with Gasteiger partial charge in [-0.15, -0.1) is 11.3 Å². The number of methoxy groups -OCH3 is 1. The van der Waals surface area contributed by atoms with Crippen molar-refractivity contribution < 1.29 is 13.9 Å². The van der Waals surface area contributed by atoms with Crippen molar-refractivity contribution in [1.82, 2.24) is 4.98 Å². The summed E-state index contributed by atoms with van der Waals surface area (Å²) in [4.78, 5) is 16.9. The van der Waals surface area contributed by atoms with E-state index in [0.717, 1.165) is 5.01 Å². The third-order valence-electron chi connectivity index (χ3n) is 2.54. The molecule has 0 aliphatic carbocycles. The van der Waals surface area contributed by atoms with E-state index < -0.39 is 5.82 Å². The summed E-state index contributed by atoms with van der Waals surface area (Å²) < 4.78 is 18.9. The highest BCUT2D eigenvalue weighted by Crippen LogP contribution is 2.26. The molecule has 0 radical (unpaired) electrons. The number of thiazole rings is 1. The second-order valence-electron chi connectivity index (χ2n) is 3.80. The van der Waals surface area contributed by atoms with E-state index in [1.54, 1.807) is 13.0 Å². The van der Waals surface area contributed by atoms with Gasteiger partial charge in [-0.1, -0.05) is 6.07 Å². The van der Waals surface area contributed by atoms with Crippen LogP contribution in [-0.4, -0.2) is 17.9 Å². The minimum atomic E-state index is -0.629. The molecule has 94 valence electrons. The minimum absolute atomic E-state index is 0.0149. The second-order valence-corrected chi connectivity index (χ2v) is 5.00. The van der Waals surface area contributed by atoms with Gasteiger partial charge >= 0.3 is 0 Å². The van der Waals surface area contributed by atoms with E-state index >= 15 is 0 Å². The number of rotatable bonds is 3. The Balaban J connectivity index is 2.50. The summed E-state index contributed by atoms with van der Waals surface area (Å²) in [5.41, 5.74) is 0.644. The predicted octanol–water partition coefficient (Wildman–Crippen LogP) is 3.14. The third kappa shape index (κ3) is 2.13. The monoisotopic (exact) mass is 265 g/mol. The summed E-state index contributed by atoms with van der Waals surface area (Å²) in [6.45, 7) is 3.56. The first-order valence-electron chi connectivity index (χ1n) is 5.35. The van der Waals surface area contributed by atoms with E-state index in [9.17, 15) is 9.18 Å². The van der Waals surface area contributed by atoms with Crippen LogP contribution in [-0.2, 0) is 0 Å². The van der Waals surface area contributed by atoms with Gasteiger partial charge in [0.25, 0.3) is 0 Å². The van der Waals surface area contributed by atoms with Gasteiger partial charge in [-0.05, 0) is 26.0 Å². The van der Waals surface area contributed by atoms with Crippen molar-refractivity contribution >= 4 is 17.1 Å². The van der Waals surface area contributed by atoms with Crippen LogP contribution >= 0.6 is 11.3 Å². The summed E-state index contributed by atoms with van der Waals surface area (Å²) in [6.07, 6.45) is 0. The van der Waals surface area contributed by atoms with E-state index in [4.69, 9.17) is 4.74 Å². The largest absolute Gasteiger partial charge is 0.494 e. The summed E-state index contributed by atoms with van der Waals surface area (Å²) in [7, 11) is 1.37. The van der Waals surface area contributed by atoms with Crippen LogP contribution in [0, 0.1) is 19.7 Å². The summed E-state index contributed by atoms with van der Waals surface area (Å²) in [5, 5.41) is 0.791. The van der Waals surface area contributed by atoms with Crippen LogP contribution in [0.15, 0.2) is 18.2 Å². The lowest BCUT2D eigenvalue weighted by Crippen LogP contribution is -2.05. The molecule has 0 bridgehead atoms. The molecule has 5 heteroatoms. The summed E-state index contributed by atoms with van der Waals surface area (Å²) in [6, 6.07) is 4.53. The fourth-order valence-corrected chi connectivity index (χ4v) is 2.58. The maximum absolute atomic E-state index is 14.0. The van der Waals surface area contributed by atoms with Crippen LogP contribution in [0.2, 0.25) is 0 Å². The molecule has 0 aliphatic heterocycles. The Bertz CT molecular complexity index is 607. The molecule has 1 heterocycles. The molecule has 0 amide bonds. The molecule has 18 heavy (non-hydrogen) atoms. The average Bonchev–Trinajstić information content (AvgIpc) is 2.68. The SMILES string of the molecule is COc1cccc(C(=O)c2sc(C)nc2C)c1F. The van der Waals surface area contributed by atoms with E-state index in [1.165, 1.54) is 30.6 Å². The molecule has 0 N–H and O–H groups in total. The number of hydrogen-bond donors (Lipinski definition) is 0. The van der Waals surface area contributed by atoms with Crippen molar-refractivity contribution in [2.75, 3.05) is 7.11 Å². The molecule has 0 atom stereocenters. The first-order valence-corrected chi connectivity index (χ1v) is 6.17. The summed E-state index contributed by atoms with van der Waals surface area (Å²) in [5.74, 6) is -0.912. The van der Waals surface area contributed by atoms with E-state index in [2.05, 4.69) is 4.98 Å². The van der Waals surface area contributed by atoms with Gasteiger partial charge in [0.2, 0.25) is 5.78 Å². The first kappa shape index (κ1) is 12.7. The van der Waals surface area contributed by atoms with Gasteiger partial charge in [-0.3, -0.25) is 4.79 Å². The Morgan fingerprint density at radius 2 is 2.11 bits per heavy atom. The summed E-state index contributed by atoms with van der Waals surface area (Å²) >= 11 is 1.27. The van der Waals surface area contributed by atoms with Crippen molar-refractivity contribution in [3.05, 3.63) is 45.2 Å². The zero-order valence-corrected chi connectivity index (χ0v) is 11.1. The van der Waals surface area contributed by atoms with Crippen LogP contribution < -0.4 is 4.74 Å². The zero-order chi connectivity index (χ0) is 13.3. The molecule has 0 saturated heterocycles. The smallest absolute Gasteiger partial charge is 0.207 e. The van der Waals surface area contributed by atoms with Crippen LogP contribution in [0.25, 0.3) is 0 Å². The van der Waals surface area contributed by atoms with E-state index in [0.29, 0.717) is 10.6 Å². The fraction of sp³-hybridized carbons (Fsp3) is 0.231. The Labute approximate surface area is 108 Å². The zero-order valence-electron chi connectivity index (χ0n) is 10.3. The number of aromatic nitrogens is 1. The number of ketones is 1. The quantitative estimate of drug-likeness (QED) is 0.800. The van der Waals surface area contributed by atoms with Crippen LogP contribution in [0.4, 0.5) is 4.39 Å². The molecule has 0 saturated carbocycles. The molecular weight excluding hydrogens is 253 g/mol. The molecule has 3 nitrogen and oxygen atoms in total. The van der Waals surface area contributed by atoms with Crippen molar-refractivity contribution in [1.29, 1.82) is 0 Å². The van der Waals surface area contributed by atoms with Crippen LogP contribution in [0.1, 0.15) is 25.9 Å². The lowest BCUT2D eigenvalue weighted by atomic mass is 10.1. The lowest BCUT2D eigenvalue weighted by Gasteiger charge is -2.05. The van der Waals surface area contributed by atoms with Crippen molar-refractivity contribution in [2.24, 2.45) is 0 Å². The standard InChI is InChI=1S/C13H12FNO2S/c1-7-13(18-8(2)15-7)12(16)9-5-4-6-10(17-3)11(9)14/h4-6H,1-3H3. The highest BCUT2D eigenvalue weighted by atomic mass is 32.1. The number of benzene rings is 1. The molecule has 2 aromatic rings. The lowest BCUT2D eigenvalue weighted by molar-refractivity contribution is 0.103. The molecule has 1 aromatic carbocycles. The van der Waals surface area contributed by atoms with Gasteiger partial charge in [0.05, 0.1) is 28.3 Å². The van der Waals surface area contributed by atoms with Crippen molar-refractivity contribution in [3.63, 3.8) is 0 Å².